The fraction of sp³-hybridized carbons (Fsp3) is 0.429. The quantitative estimate of drug-likeness (QED) is 0.662. The van der Waals surface area contributed by atoms with E-state index >= 15 is 0 Å². The van der Waals surface area contributed by atoms with E-state index in [-0.39, 0.29) is 0 Å². The lowest BCUT2D eigenvalue weighted by Gasteiger charge is -1.94. The zero-order chi connectivity index (χ0) is 6.69. The molecule has 0 atom stereocenters. The van der Waals surface area contributed by atoms with Gasteiger partial charge in [-0.05, 0) is 35.9 Å². The molecule has 0 aliphatic heterocycles. The van der Waals surface area contributed by atoms with Crippen molar-refractivity contribution in [2.24, 2.45) is 0 Å². The van der Waals surface area contributed by atoms with E-state index < -0.39 is 0 Å². The molecule has 0 saturated heterocycles. The zero-order valence-electron chi connectivity index (χ0n) is 5.77. The second-order valence-electron chi connectivity index (χ2n) is 2.11. The van der Waals surface area contributed by atoms with Gasteiger partial charge in [-0.15, -0.1) is 0 Å². The first-order valence-electron chi connectivity index (χ1n) is 3.01. The lowest BCUT2D eigenvalue weighted by molar-refractivity contribution is 0.816. The maximum absolute atomic E-state index is 3.12. The Hall–Kier alpha value is -0.340. The Kier molecular flexibility index (Phi) is 2.25. The number of hydrogen-bond acceptors (Lipinski definition) is 2. The van der Waals surface area contributed by atoms with Gasteiger partial charge in [0, 0.05) is 6.54 Å². The topological polar surface area (TPSA) is 12.0 Å². The standard InChI is InChI=1S/C7H11NS/c1-6-4-9-5-7(6)3-8-2/h4-5,8H,3H2,1-2H3. The molecule has 0 aromatic carbocycles. The van der Waals surface area contributed by atoms with Crippen LogP contribution >= 0.6 is 11.3 Å². The molecule has 1 aromatic rings. The molecule has 2 heteroatoms. The predicted molar refractivity (Wildman–Crippen MR) is 41.8 cm³/mol. The van der Waals surface area contributed by atoms with Crippen molar-refractivity contribution >= 4 is 11.3 Å². The molecule has 50 valence electrons. The molecule has 0 aliphatic carbocycles. The van der Waals surface area contributed by atoms with E-state index in [9.17, 15) is 0 Å². The van der Waals surface area contributed by atoms with E-state index in [4.69, 9.17) is 0 Å². The summed E-state index contributed by atoms with van der Waals surface area (Å²) in [6, 6.07) is 0. The predicted octanol–water partition coefficient (Wildman–Crippen LogP) is 1.78. The van der Waals surface area contributed by atoms with Crippen molar-refractivity contribution in [3.05, 3.63) is 21.9 Å². The van der Waals surface area contributed by atoms with E-state index in [1.165, 1.54) is 11.1 Å². The third kappa shape index (κ3) is 1.53. The van der Waals surface area contributed by atoms with Gasteiger partial charge in [0.05, 0.1) is 0 Å². The molecule has 0 saturated carbocycles. The summed E-state index contributed by atoms with van der Waals surface area (Å²) >= 11 is 1.77. The van der Waals surface area contributed by atoms with Gasteiger partial charge in [-0.25, -0.2) is 0 Å². The Morgan fingerprint density at radius 2 is 2.33 bits per heavy atom. The first-order chi connectivity index (χ1) is 4.34. The average molecular weight is 141 g/mol. The smallest absolute Gasteiger partial charge is 0.0213 e. The van der Waals surface area contributed by atoms with E-state index in [2.05, 4.69) is 23.0 Å². The lowest BCUT2D eigenvalue weighted by atomic mass is 10.2. The third-order valence-electron chi connectivity index (χ3n) is 1.33. The Bertz CT molecular complexity index is 181. The van der Waals surface area contributed by atoms with E-state index in [1.54, 1.807) is 11.3 Å². The Balaban J connectivity index is 2.69. The largest absolute Gasteiger partial charge is 0.316 e. The molecular weight excluding hydrogens is 130 g/mol. The van der Waals surface area contributed by atoms with Crippen LogP contribution in [-0.2, 0) is 6.54 Å². The highest BCUT2D eigenvalue weighted by atomic mass is 32.1. The van der Waals surface area contributed by atoms with Gasteiger partial charge >= 0.3 is 0 Å². The number of aryl methyl sites for hydroxylation is 1. The molecule has 1 aromatic heterocycles. The summed E-state index contributed by atoms with van der Waals surface area (Å²) < 4.78 is 0. The fourth-order valence-corrected chi connectivity index (χ4v) is 1.62. The second kappa shape index (κ2) is 2.99. The molecule has 1 N–H and O–H groups in total. The zero-order valence-corrected chi connectivity index (χ0v) is 6.59. The summed E-state index contributed by atoms with van der Waals surface area (Å²) in [5.74, 6) is 0. The van der Waals surface area contributed by atoms with Crippen LogP contribution in [0.4, 0.5) is 0 Å². The van der Waals surface area contributed by atoms with Crippen LogP contribution in [0, 0.1) is 6.92 Å². The van der Waals surface area contributed by atoms with Crippen LogP contribution in [0.5, 0.6) is 0 Å². The van der Waals surface area contributed by atoms with Crippen molar-refractivity contribution in [1.29, 1.82) is 0 Å². The van der Waals surface area contributed by atoms with Gasteiger partial charge in [-0.2, -0.15) is 11.3 Å². The van der Waals surface area contributed by atoms with Crippen LogP contribution < -0.4 is 5.32 Å². The van der Waals surface area contributed by atoms with Crippen LogP contribution in [0.1, 0.15) is 11.1 Å². The molecule has 0 amide bonds. The van der Waals surface area contributed by atoms with Crippen molar-refractivity contribution in [1.82, 2.24) is 5.32 Å². The normalized spacial score (nSPS) is 10.0. The van der Waals surface area contributed by atoms with E-state index in [0.717, 1.165) is 6.54 Å². The summed E-state index contributed by atoms with van der Waals surface area (Å²) in [5, 5.41) is 7.48. The minimum absolute atomic E-state index is 0.995. The maximum Gasteiger partial charge on any atom is 0.0213 e. The van der Waals surface area contributed by atoms with Gasteiger partial charge in [-0.3, -0.25) is 0 Å². The van der Waals surface area contributed by atoms with Gasteiger partial charge in [0.15, 0.2) is 0 Å². The highest BCUT2D eigenvalue weighted by Gasteiger charge is 1.94. The van der Waals surface area contributed by atoms with Crippen molar-refractivity contribution in [3.8, 4) is 0 Å². The Morgan fingerprint density at radius 3 is 2.78 bits per heavy atom. The van der Waals surface area contributed by atoms with Crippen molar-refractivity contribution in [2.45, 2.75) is 13.5 Å². The fourth-order valence-electron chi connectivity index (χ4n) is 0.758. The number of rotatable bonds is 2. The SMILES string of the molecule is CNCc1cscc1C. The first-order valence-corrected chi connectivity index (χ1v) is 3.95. The highest BCUT2D eigenvalue weighted by molar-refractivity contribution is 7.08. The molecule has 0 bridgehead atoms. The Morgan fingerprint density at radius 1 is 1.56 bits per heavy atom. The molecule has 1 rings (SSSR count). The molecule has 0 unspecified atom stereocenters. The van der Waals surface area contributed by atoms with Crippen LogP contribution in [0.25, 0.3) is 0 Å². The summed E-state index contributed by atoms with van der Waals surface area (Å²) in [6.07, 6.45) is 0. The third-order valence-corrected chi connectivity index (χ3v) is 2.24. The molecule has 0 aliphatic rings. The monoisotopic (exact) mass is 141 g/mol. The van der Waals surface area contributed by atoms with Crippen LogP contribution in [0.3, 0.4) is 0 Å². The molecule has 0 fully saturated rings. The summed E-state index contributed by atoms with van der Waals surface area (Å²) in [4.78, 5) is 0. The van der Waals surface area contributed by atoms with E-state index in [1.807, 2.05) is 7.05 Å². The van der Waals surface area contributed by atoms with Gasteiger partial charge in [0.25, 0.3) is 0 Å². The van der Waals surface area contributed by atoms with Crippen LogP contribution in [0.2, 0.25) is 0 Å². The molecule has 1 nitrogen and oxygen atoms in total. The molecule has 0 spiro atoms. The van der Waals surface area contributed by atoms with Crippen LogP contribution in [0.15, 0.2) is 10.8 Å². The number of nitrogens with one attached hydrogen (secondary N) is 1. The summed E-state index contributed by atoms with van der Waals surface area (Å²) in [5.41, 5.74) is 2.82. The van der Waals surface area contributed by atoms with Gasteiger partial charge < -0.3 is 5.32 Å². The van der Waals surface area contributed by atoms with Crippen molar-refractivity contribution in [3.63, 3.8) is 0 Å². The van der Waals surface area contributed by atoms with E-state index in [0.29, 0.717) is 0 Å². The maximum atomic E-state index is 3.12. The second-order valence-corrected chi connectivity index (χ2v) is 2.85. The van der Waals surface area contributed by atoms with Gasteiger partial charge in [0.1, 0.15) is 0 Å². The van der Waals surface area contributed by atoms with Gasteiger partial charge in [0.2, 0.25) is 0 Å². The highest BCUT2D eigenvalue weighted by Crippen LogP contribution is 2.12. The Labute approximate surface area is 59.7 Å². The first kappa shape index (κ1) is 6.78. The van der Waals surface area contributed by atoms with Gasteiger partial charge in [-0.1, -0.05) is 0 Å². The summed E-state index contributed by atoms with van der Waals surface area (Å²) in [6.45, 7) is 3.14. The number of hydrogen-bond donors (Lipinski definition) is 1. The molecule has 9 heavy (non-hydrogen) atoms. The average Bonchev–Trinajstić information content (AvgIpc) is 2.18. The van der Waals surface area contributed by atoms with Crippen LogP contribution in [-0.4, -0.2) is 7.05 Å². The summed E-state index contributed by atoms with van der Waals surface area (Å²) in [7, 11) is 1.97. The molecule has 1 heterocycles. The lowest BCUT2D eigenvalue weighted by Crippen LogP contribution is -2.04. The minimum Gasteiger partial charge on any atom is -0.316 e. The van der Waals surface area contributed by atoms with Crippen molar-refractivity contribution in [2.75, 3.05) is 7.05 Å². The van der Waals surface area contributed by atoms with Crippen molar-refractivity contribution < 1.29 is 0 Å². The number of thiophene rings is 1. The molecule has 0 radical (unpaired) electrons. The minimum atomic E-state index is 0.995. The molecular formula is C7H11NS.